The van der Waals surface area contributed by atoms with Gasteiger partial charge in [0.15, 0.2) is 9.84 Å². The minimum absolute atomic E-state index is 0.000243. The van der Waals surface area contributed by atoms with Crippen molar-refractivity contribution in [3.63, 3.8) is 0 Å². The third-order valence-corrected chi connectivity index (χ3v) is 5.56. The molecule has 24 heavy (non-hydrogen) atoms. The van der Waals surface area contributed by atoms with Gasteiger partial charge in [-0.1, -0.05) is 41.8 Å². The second-order valence-electron chi connectivity index (χ2n) is 5.60. The van der Waals surface area contributed by atoms with Crippen LogP contribution in [0.25, 0.3) is 0 Å². The highest BCUT2D eigenvalue weighted by molar-refractivity contribution is 9.10. The Morgan fingerprint density at radius 1 is 1.38 bits per heavy atom. The summed E-state index contributed by atoms with van der Waals surface area (Å²) in [5.41, 5.74) is 0.322. The smallest absolute Gasteiger partial charge is 0.238 e. The van der Waals surface area contributed by atoms with Gasteiger partial charge < -0.3 is 4.90 Å². The first-order chi connectivity index (χ1) is 11.3. The Balaban J connectivity index is 2.81. The maximum Gasteiger partial charge on any atom is 0.238 e. The Bertz CT molecular complexity index is 676. The van der Waals surface area contributed by atoms with Gasteiger partial charge in [0.05, 0.1) is 5.75 Å². The predicted octanol–water partition coefficient (Wildman–Crippen LogP) is 3.71. The normalized spacial score (nSPS) is 11.3. The van der Waals surface area contributed by atoms with Crippen molar-refractivity contribution < 1.29 is 17.6 Å². The molecule has 0 fully saturated rings. The maximum absolute atomic E-state index is 13.9. The number of carbonyl (C=O) groups is 1. The molecule has 0 heterocycles. The van der Waals surface area contributed by atoms with Crippen molar-refractivity contribution in [1.82, 2.24) is 4.90 Å². The zero-order valence-electron chi connectivity index (χ0n) is 13.8. The summed E-state index contributed by atoms with van der Waals surface area (Å²) < 4.78 is 38.7. The van der Waals surface area contributed by atoms with Gasteiger partial charge in [-0.05, 0) is 24.6 Å². The Labute approximate surface area is 151 Å². The van der Waals surface area contributed by atoms with E-state index >= 15 is 0 Å². The molecule has 0 saturated carbocycles. The molecule has 0 aliphatic rings. The lowest BCUT2D eigenvalue weighted by Crippen LogP contribution is -2.36. The SMILES string of the molecule is C=CCN(Cc1cc(Br)ccc1F)C(=O)CS(=O)(=O)CCCCC. The molecule has 0 aromatic heterocycles. The van der Waals surface area contributed by atoms with E-state index in [4.69, 9.17) is 0 Å². The fraction of sp³-hybridized carbons (Fsp3) is 0.471. The molecule has 1 amide bonds. The van der Waals surface area contributed by atoms with E-state index in [1.165, 1.54) is 17.0 Å². The van der Waals surface area contributed by atoms with Crippen LogP contribution in [0, 0.1) is 5.82 Å². The van der Waals surface area contributed by atoms with E-state index in [0.717, 1.165) is 12.8 Å². The van der Waals surface area contributed by atoms with E-state index < -0.39 is 27.3 Å². The summed E-state index contributed by atoms with van der Waals surface area (Å²) >= 11 is 3.26. The minimum atomic E-state index is -3.46. The number of amides is 1. The highest BCUT2D eigenvalue weighted by Gasteiger charge is 2.22. The van der Waals surface area contributed by atoms with E-state index in [-0.39, 0.29) is 18.8 Å². The lowest BCUT2D eigenvalue weighted by Gasteiger charge is -2.21. The monoisotopic (exact) mass is 419 g/mol. The number of hydrogen-bond donors (Lipinski definition) is 0. The van der Waals surface area contributed by atoms with Gasteiger partial charge in [-0.3, -0.25) is 4.79 Å². The number of halogens is 2. The molecule has 0 radical (unpaired) electrons. The molecule has 1 aromatic carbocycles. The molecule has 0 N–H and O–H groups in total. The first kappa shape index (κ1) is 20.8. The summed E-state index contributed by atoms with van der Waals surface area (Å²) in [4.78, 5) is 13.6. The molecule has 0 aliphatic carbocycles. The number of benzene rings is 1. The lowest BCUT2D eigenvalue weighted by molar-refractivity contribution is -0.128. The molecular weight excluding hydrogens is 397 g/mol. The standard InChI is InChI=1S/C17H23BrFNO3S/c1-3-5-6-10-24(22,23)13-17(21)20(9-4-2)12-14-11-15(18)7-8-16(14)19/h4,7-8,11H,2-3,5-6,9-10,12-13H2,1H3. The molecule has 0 unspecified atom stereocenters. The van der Waals surface area contributed by atoms with Gasteiger partial charge in [-0.2, -0.15) is 0 Å². The number of unbranched alkanes of at least 4 members (excludes halogenated alkanes) is 2. The highest BCUT2D eigenvalue weighted by Crippen LogP contribution is 2.17. The summed E-state index contributed by atoms with van der Waals surface area (Å²) in [6.07, 6.45) is 3.77. The molecule has 1 aromatic rings. The van der Waals surface area contributed by atoms with Crippen LogP contribution in [0.3, 0.4) is 0 Å². The van der Waals surface area contributed by atoms with Gasteiger partial charge >= 0.3 is 0 Å². The predicted molar refractivity (Wildman–Crippen MR) is 97.9 cm³/mol. The summed E-state index contributed by atoms with van der Waals surface area (Å²) in [6, 6.07) is 4.45. The number of sulfone groups is 1. The Morgan fingerprint density at radius 3 is 2.71 bits per heavy atom. The highest BCUT2D eigenvalue weighted by atomic mass is 79.9. The Morgan fingerprint density at radius 2 is 2.08 bits per heavy atom. The summed E-state index contributed by atoms with van der Waals surface area (Å²) in [6.45, 7) is 5.72. The fourth-order valence-electron chi connectivity index (χ4n) is 2.20. The van der Waals surface area contributed by atoms with Gasteiger partial charge in [-0.25, -0.2) is 12.8 Å². The van der Waals surface area contributed by atoms with Crippen molar-refractivity contribution in [1.29, 1.82) is 0 Å². The molecule has 0 saturated heterocycles. The molecule has 0 aliphatic heterocycles. The first-order valence-corrected chi connectivity index (χ1v) is 10.4. The van der Waals surface area contributed by atoms with Crippen LogP contribution in [-0.2, 0) is 21.2 Å². The van der Waals surface area contributed by atoms with Crippen molar-refractivity contribution in [3.05, 3.63) is 46.7 Å². The molecule has 1 rings (SSSR count). The van der Waals surface area contributed by atoms with Gasteiger partial charge in [0, 0.05) is 23.1 Å². The van der Waals surface area contributed by atoms with Gasteiger partial charge in [-0.15, -0.1) is 6.58 Å². The Kier molecular flexibility index (Phi) is 8.62. The summed E-state index contributed by atoms with van der Waals surface area (Å²) in [5.74, 6) is -1.53. The zero-order valence-corrected chi connectivity index (χ0v) is 16.2. The van der Waals surface area contributed by atoms with Crippen LogP contribution in [0.15, 0.2) is 35.3 Å². The molecular formula is C17H23BrFNO3S. The zero-order chi connectivity index (χ0) is 18.2. The average Bonchev–Trinajstić information content (AvgIpc) is 2.50. The molecule has 0 spiro atoms. The quantitative estimate of drug-likeness (QED) is 0.429. The minimum Gasteiger partial charge on any atom is -0.334 e. The molecule has 0 atom stereocenters. The van der Waals surface area contributed by atoms with Crippen LogP contribution in [0.1, 0.15) is 31.7 Å². The van der Waals surface area contributed by atoms with E-state index in [1.807, 2.05) is 6.92 Å². The largest absolute Gasteiger partial charge is 0.334 e. The van der Waals surface area contributed by atoms with Crippen molar-refractivity contribution in [2.45, 2.75) is 32.7 Å². The third-order valence-electron chi connectivity index (χ3n) is 3.47. The molecule has 134 valence electrons. The lowest BCUT2D eigenvalue weighted by atomic mass is 10.2. The van der Waals surface area contributed by atoms with Crippen molar-refractivity contribution in [3.8, 4) is 0 Å². The van der Waals surface area contributed by atoms with E-state index in [9.17, 15) is 17.6 Å². The number of nitrogens with zero attached hydrogens (tertiary/aromatic N) is 1. The Hall–Kier alpha value is -1.21. The van der Waals surface area contributed by atoms with Crippen LogP contribution in [-0.4, -0.2) is 37.3 Å². The van der Waals surface area contributed by atoms with Gasteiger partial charge in [0.1, 0.15) is 11.6 Å². The van der Waals surface area contributed by atoms with Gasteiger partial charge in [0.25, 0.3) is 0 Å². The van der Waals surface area contributed by atoms with Crippen LogP contribution < -0.4 is 0 Å². The second-order valence-corrected chi connectivity index (χ2v) is 8.70. The van der Waals surface area contributed by atoms with Crippen LogP contribution >= 0.6 is 15.9 Å². The maximum atomic E-state index is 13.9. The molecule has 7 heteroatoms. The van der Waals surface area contributed by atoms with Crippen LogP contribution in [0.2, 0.25) is 0 Å². The topological polar surface area (TPSA) is 54.5 Å². The second kappa shape index (κ2) is 9.93. The summed E-state index contributed by atoms with van der Waals surface area (Å²) in [5, 5.41) is 0. The average molecular weight is 420 g/mol. The fourth-order valence-corrected chi connectivity index (χ4v) is 3.96. The van der Waals surface area contributed by atoms with E-state index in [0.29, 0.717) is 16.5 Å². The van der Waals surface area contributed by atoms with Crippen LogP contribution in [0.4, 0.5) is 4.39 Å². The third kappa shape index (κ3) is 7.13. The number of rotatable bonds is 10. The summed E-state index contributed by atoms with van der Waals surface area (Å²) in [7, 11) is -3.46. The first-order valence-electron chi connectivity index (χ1n) is 7.82. The van der Waals surface area contributed by atoms with E-state index in [1.54, 1.807) is 12.1 Å². The molecule has 0 bridgehead atoms. The van der Waals surface area contributed by atoms with Crippen molar-refractivity contribution in [2.75, 3.05) is 18.1 Å². The van der Waals surface area contributed by atoms with Crippen LogP contribution in [0.5, 0.6) is 0 Å². The van der Waals surface area contributed by atoms with Crippen molar-refractivity contribution >= 4 is 31.7 Å². The van der Waals surface area contributed by atoms with Crippen molar-refractivity contribution in [2.24, 2.45) is 0 Å². The number of carbonyl (C=O) groups excluding carboxylic acids is 1. The number of hydrogen-bond acceptors (Lipinski definition) is 3. The van der Waals surface area contributed by atoms with E-state index in [2.05, 4.69) is 22.5 Å². The molecule has 4 nitrogen and oxygen atoms in total. The van der Waals surface area contributed by atoms with Gasteiger partial charge in [0.2, 0.25) is 5.91 Å².